The Balaban J connectivity index is 2.27. The van der Waals surface area contributed by atoms with Gasteiger partial charge in [-0.15, -0.1) is 0 Å². The molecule has 0 aromatic carbocycles. The van der Waals surface area contributed by atoms with Crippen molar-refractivity contribution in [1.82, 2.24) is 5.32 Å². The minimum atomic E-state index is -0.0182. The van der Waals surface area contributed by atoms with Crippen LogP contribution in [0.4, 0.5) is 0 Å². The third-order valence-corrected chi connectivity index (χ3v) is 2.75. The highest BCUT2D eigenvalue weighted by Crippen LogP contribution is 2.15. The molecule has 0 aromatic rings. The number of nitrogens with one attached hydrogen (secondary N) is 1. The third-order valence-electron chi connectivity index (χ3n) is 2.75. The molecule has 0 radical (unpaired) electrons. The van der Waals surface area contributed by atoms with Gasteiger partial charge in [-0.2, -0.15) is 0 Å². The summed E-state index contributed by atoms with van der Waals surface area (Å²) in [5.41, 5.74) is 0. The number of hydrogen-bond acceptors (Lipinski definition) is 3. The van der Waals surface area contributed by atoms with Crippen molar-refractivity contribution < 1.29 is 9.53 Å². The zero-order valence-electron chi connectivity index (χ0n) is 10.1. The lowest BCUT2D eigenvalue weighted by molar-refractivity contribution is -0.154. The zero-order chi connectivity index (χ0) is 11.3. The van der Waals surface area contributed by atoms with Crippen molar-refractivity contribution >= 4 is 5.97 Å². The first kappa shape index (κ1) is 12.5. The molecule has 0 bridgehead atoms. The molecule has 15 heavy (non-hydrogen) atoms. The van der Waals surface area contributed by atoms with Crippen LogP contribution in [0.5, 0.6) is 0 Å². The lowest BCUT2D eigenvalue weighted by Gasteiger charge is -2.23. The van der Waals surface area contributed by atoms with Crippen LogP contribution in [0.3, 0.4) is 0 Å². The van der Waals surface area contributed by atoms with E-state index < -0.39 is 0 Å². The standard InChI is InChI=1S/C12H23NO2/c1-9(2)7-10(3)15-12(14)11-5-4-6-13-8-11/h9-11,13H,4-8H2,1-3H3/t10?,11-/m0/s1. The van der Waals surface area contributed by atoms with Gasteiger partial charge >= 0.3 is 5.97 Å². The summed E-state index contributed by atoms with van der Waals surface area (Å²) in [6.45, 7) is 8.09. The molecule has 1 N–H and O–H groups in total. The SMILES string of the molecule is CC(C)CC(C)OC(=O)[C@H]1CCCNC1. The first-order valence-corrected chi connectivity index (χ1v) is 6.00. The average molecular weight is 213 g/mol. The van der Waals surface area contributed by atoms with Crippen molar-refractivity contribution in [3.63, 3.8) is 0 Å². The molecule has 88 valence electrons. The smallest absolute Gasteiger partial charge is 0.310 e. The van der Waals surface area contributed by atoms with E-state index in [4.69, 9.17) is 4.74 Å². The van der Waals surface area contributed by atoms with Crippen molar-refractivity contribution in [3.8, 4) is 0 Å². The second-order valence-corrected chi connectivity index (χ2v) is 4.92. The highest BCUT2D eigenvalue weighted by Gasteiger charge is 2.23. The van der Waals surface area contributed by atoms with Crippen LogP contribution in [0.15, 0.2) is 0 Å². The molecule has 1 heterocycles. The molecule has 2 atom stereocenters. The quantitative estimate of drug-likeness (QED) is 0.726. The Morgan fingerprint density at radius 3 is 2.73 bits per heavy atom. The van der Waals surface area contributed by atoms with Crippen LogP contribution in [0.1, 0.15) is 40.0 Å². The molecular formula is C12H23NO2. The van der Waals surface area contributed by atoms with Gasteiger partial charge < -0.3 is 10.1 Å². The van der Waals surface area contributed by atoms with E-state index in [0.29, 0.717) is 5.92 Å². The predicted molar refractivity (Wildman–Crippen MR) is 60.6 cm³/mol. The molecule has 0 amide bonds. The minimum Gasteiger partial charge on any atom is -0.462 e. The molecule has 1 rings (SSSR count). The predicted octanol–water partition coefficient (Wildman–Crippen LogP) is 1.96. The van der Waals surface area contributed by atoms with Crippen molar-refractivity contribution in [3.05, 3.63) is 0 Å². The summed E-state index contributed by atoms with van der Waals surface area (Å²) in [7, 11) is 0. The lowest BCUT2D eigenvalue weighted by Crippen LogP contribution is -2.36. The van der Waals surface area contributed by atoms with E-state index in [9.17, 15) is 4.79 Å². The number of esters is 1. The van der Waals surface area contributed by atoms with Gasteiger partial charge in [-0.3, -0.25) is 4.79 Å². The summed E-state index contributed by atoms with van der Waals surface area (Å²) in [6, 6.07) is 0. The maximum atomic E-state index is 11.7. The van der Waals surface area contributed by atoms with Gasteiger partial charge in [0.2, 0.25) is 0 Å². The fourth-order valence-electron chi connectivity index (χ4n) is 2.06. The number of carbonyl (C=O) groups is 1. The summed E-state index contributed by atoms with van der Waals surface area (Å²) >= 11 is 0. The summed E-state index contributed by atoms with van der Waals surface area (Å²) < 4.78 is 5.42. The van der Waals surface area contributed by atoms with Crippen molar-refractivity contribution in [2.24, 2.45) is 11.8 Å². The van der Waals surface area contributed by atoms with Gasteiger partial charge in [0, 0.05) is 6.54 Å². The second kappa shape index (κ2) is 6.11. The summed E-state index contributed by atoms with van der Waals surface area (Å²) in [6.07, 6.45) is 3.06. The second-order valence-electron chi connectivity index (χ2n) is 4.92. The van der Waals surface area contributed by atoms with E-state index in [1.54, 1.807) is 0 Å². The first-order chi connectivity index (χ1) is 7.09. The Labute approximate surface area is 92.6 Å². The fraction of sp³-hybridized carbons (Fsp3) is 0.917. The van der Waals surface area contributed by atoms with Gasteiger partial charge in [-0.05, 0) is 38.6 Å². The molecule has 1 saturated heterocycles. The van der Waals surface area contributed by atoms with Crippen LogP contribution < -0.4 is 5.32 Å². The van der Waals surface area contributed by atoms with Crippen LogP contribution in [0.25, 0.3) is 0 Å². The molecule has 3 nitrogen and oxygen atoms in total. The van der Waals surface area contributed by atoms with Gasteiger partial charge in [0.05, 0.1) is 12.0 Å². The van der Waals surface area contributed by atoms with Gasteiger partial charge in [-0.1, -0.05) is 13.8 Å². The molecule has 1 aliphatic heterocycles. The van der Waals surface area contributed by atoms with Crippen LogP contribution in [-0.2, 0) is 9.53 Å². The zero-order valence-corrected chi connectivity index (χ0v) is 10.1. The molecule has 0 spiro atoms. The molecule has 0 saturated carbocycles. The van der Waals surface area contributed by atoms with Gasteiger partial charge in [-0.25, -0.2) is 0 Å². The Morgan fingerprint density at radius 2 is 2.20 bits per heavy atom. The maximum Gasteiger partial charge on any atom is 0.310 e. The van der Waals surface area contributed by atoms with Crippen molar-refractivity contribution in [2.75, 3.05) is 13.1 Å². The van der Waals surface area contributed by atoms with Gasteiger partial charge in [0.15, 0.2) is 0 Å². The Morgan fingerprint density at radius 1 is 1.47 bits per heavy atom. The average Bonchev–Trinajstić information content (AvgIpc) is 2.17. The Hall–Kier alpha value is -0.570. The molecule has 1 fully saturated rings. The highest BCUT2D eigenvalue weighted by molar-refractivity contribution is 5.73. The first-order valence-electron chi connectivity index (χ1n) is 6.00. The Kier molecular flexibility index (Phi) is 5.09. The minimum absolute atomic E-state index is 0.0182. The molecular weight excluding hydrogens is 190 g/mol. The number of hydrogen-bond donors (Lipinski definition) is 1. The van der Waals surface area contributed by atoms with E-state index in [1.807, 2.05) is 6.92 Å². The fourth-order valence-corrected chi connectivity index (χ4v) is 2.06. The Bertz CT molecular complexity index is 198. The molecule has 0 aromatic heterocycles. The van der Waals surface area contributed by atoms with Crippen LogP contribution in [0, 0.1) is 11.8 Å². The number of piperidine rings is 1. The van der Waals surface area contributed by atoms with Gasteiger partial charge in [0.1, 0.15) is 0 Å². The molecule has 1 aliphatic rings. The lowest BCUT2D eigenvalue weighted by atomic mass is 10.00. The van der Waals surface area contributed by atoms with E-state index in [-0.39, 0.29) is 18.0 Å². The van der Waals surface area contributed by atoms with Gasteiger partial charge in [0.25, 0.3) is 0 Å². The monoisotopic (exact) mass is 213 g/mol. The molecule has 3 heteroatoms. The van der Waals surface area contributed by atoms with E-state index >= 15 is 0 Å². The van der Waals surface area contributed by atoms with Crippen LogP contribution in [-0.4, -0.2) is 25.2 Å². The van der Waals surface area contributed by atoms with E-state index in [2.05, 4.69) is 19.2 Å². The normalized spacial score (nSPS) is 23.9. The summed E-state index contributed by atoms with van der Waals surface area (Å²) in [5, 5.41) is 3.23. The van der Waals surface area contributed by atoms with Crippen molar-refractivity contribution in [2.45, 2.75) is 46.1 Å². The molecule has 0 aliphatic carbocycles. The number of rotatable bonds is 4. The van der Waals surface area contributed by atoms with E-state index in [0.717, 1.165) is 32.4 Å². The highest BCUT2D eigenvalue weighted by atomic mass is 16.5. The topological polar surface area (TPSA) is 38.3 Å². The molecule has 1 unspecified atom stereocenters. The largest absolute Gasteiger partial charge is 0.462 e. The van der Waals surface area contributed by atoms with Crippen LogP contribution >= 0.6 is 0 Å². The number of ether oxygens (including phenoxy) is 1. The van der Waals surface area contributed by atoms with E-state index in [1.165, 1.54) is 0 Å². The van der Waals surface area contributed by atoms with Crippen molar-refractivity contribution in [1.29, 1.82) is 0 Å². The number of carbonyl (C=O) groups excluding carboxylic acids is 1. The summed E-state index contributed by atoms with van der Waals surface area (Å²) in [4.78, 5) is 11.7. The maximum absolute atomic E-state index is 11.7. The summed E-state index contributed by atoms with van der Waals surface area (Å²) in [5.74, 6) is 0.640. The van der Waals surface area contributed by atoms with Crippen LogP contribution in [0.2, 0.25) is 0 Å². The third kappa shape index (κ3) is 4.65.